The Morgan fingerprint density at radius 3 is 2.41 bits per heavy atom. The topological polar surface area (TPSA) is 64.1 Å². The highest BCUT2D eigenvalue weighted by atomic mass is 127. The molecule has 2 rings (SSSR count). The van der Waals surface area contributed by atoms with Crippen molar-refractivity contribution in [2.45, 2.75) is 19.9 Å². The smallest absolute Gasteiger partial charge is 0.191 e. The zero-order valence-corrected chi connectivity index (χ0v) is 19.6. The Morgan fingerprint density at radius 1 is 0.897 bits per heavy atom. The molecule has 0 aliphatic carbocycles. The van der Waals surface area contributed by atoms with Crippen molar-refractivity contribution >= 4 is 29.9 Å². The lowest BCUT2D eigenvalue weighted by atomic mass is 10.2. The molecule has 0 radical (unpaired) electrons. The van der Waals surface area contributed by atoms with Crippen LogP contribution in [-0.2, 0) is 11.3 Å². The third-order valence-corrected chi connectivity index (χ3v) is 3.83. The third kappa shape index (κ3) is 10.9. The minimum Gasteiger partial charge on any atom is -0.493 e. The fraction of sp³-hybridized carbons (Fsp3) is 0.409. The van der Waals surface area contributed by atoms with Crippen molar-refractivity contribution in [2.75, 3.05) is 40.0 Å². The van der Waals surface area contributed by atoms with Crippen molar-refractivity contribution in [3.8, 4) is 11.5 Å². The average Bonchev–Trinajstić information content (AvgIpc) is 2.73. The summed E-state index contributed by atoms with van der Waals surface area (Å²) < 4.78 is 16.5. The lowest BCUT2D eigenvalue weighted by Crippen LogP contribution is -2.39. The maximum absolute atomic E-state index is 5.75. The first-order valence-electron chi connectivity index (χ1n) is 9.72. The predicted molar refractivity (Wildman–Crippen MR) is 129 cm³/mol. The van der Waals surface area contributed by atoms with Crippen LogP contribution >= 0.6 is 24.0 Å². The highest BCUT2D eigenvalue weighted by Gasteiger charge is 2.00. The number of nitrogens with one attached hydrogen (secondary N) is 2. The molecule has 0 fully saturated rings. The van der Waals surface area contributed by atoms with E-state index in [1.807, 2.05) is 61.5 Å². The van der Waals surface area contributed by atoms with Gasteiger partial charge in [0.25, 0.3) is 0 Å². The van der Waals surface area contributed by atoms with Crippen molar-refractivity contribution in [3.63, 3.8) is 0 Å². The second-order valence-electron chi connectivity index (χ2n) is 6.13. The van der Waals surface area contributed by atoms with Gasteiger partial charge in [-0.05, 0) is 36.8 Å². The number of rotatable bonds is 12. The van der Waals surface area contributed by atoms with Gasteiger partial charge in [0, 0.05) is 26.7 Å². The van der Waals surface area contributed by atoms with E-state index in [1.165, 1.54) is 0 Å². The van der Waals surface area contributed by atoms with Crippen molar-refractivity contribution in [1.82, 2.24) is 10.6 Å². The molecular formula is C22H32IN3O3. The van der Waals surface area contributed by atoms with Crippen LogP contribution in [0.2, 0.25) is 0 Å². The Kier molecular flexibility index (Phi) is 13.7. The lowest BCUT2D eigenvalue weighted by Gasteiger charge is -2.12. The lowest BCUT2D eigenvalue weighted by molar-refractivity contribution is 0.172. The Balaban J connectivity index is 0.00000420. The number of hydrogen-bond acceptors (Lipinski definition) is 4. The minimum atomic E-state index is 0. The van der Waals surface area contributed by atoms with E-state index in [2.05, 4.69) is 15.6 Å². The molecule has 0 saturated heterocycles. The molecule has 2 aromatic carbocycles. The van der Waals surface area contributed by atoms with Crippen LogP contribution in [-0.4, -0.2) is 46.0 Å². The molecule has 2 N–H and O–H groups in total. The van der Waals surface area contributed by atoms with Crippen LogP contribution in [0, 0.1) is 0 Å². The van der Waals surface area contributed by atoms with Gasteiger partial charge < -0.3 is 24.8 Å². The number of nitrogens with zero attached hydrogens (tertiary/aromatic N) is 1. The maximum Gasteiger partial charge on any atom is 0.191 e. The number of para-hydroxylation sites is 1. The minimum absolute atomic E-state index is 0. The summed E-state index contributed by atoms with van der Waals surface area (Å²) in [5.41, 5.74) is 1.10. The van der Waals surface area contributed by atoms with Gasteiger partial charge >= 0.3 is 0 Å². The summed E-state index contributed by atoms with van der Waals surface area (Å²) in [6.07, 6.45) is 0.873. The van der Waals surface area contributed by atoms with E-state index >= 15 is 0 Å². The molecule has 0 aromatic heterocycles. The molecule has 6 nitrogen and oxygen atoms in total. The predicted octanol–water partition coefficient (Wildman–Crippen LogP) is 3.85. The first kappa shape index (κ1) is 25.0. The SMILES string of the molecule is CCNC(=NCc1cccc(OCCCOC)c1)NCCOc1ccccc1.I. The summed E-state index contributed by atoms with van der Waals surface area (Å²) in [4.78, 5) is 4.64. The summed E-state index contributed by atoms with van der Waals surface area (Å²) in [7, 11) is 1.70. The standard InChI is InChI=1S/C22H31N3O3.HI/c1-3-23-22(24-13-16-28-20-10-5-4-6-11-20)25-18-19-9-7-12-21(17-19)27-15-8-14-26-2;/h4-7,9-12,17H,3,8,13-16,18H2,1-2H3,(H2,23,24,25);1H. The number of aliphatic imine (C=N–C) groups is 1. The van der Waals surface area contributed by atoms with Crippen LogP contribution in [0.25, 0.3) is 0 Å². The summed E-state index contributed by atoms with van der Waals surface area (Å²) >= 11 is 0. The van der Waals surface area contributed by atoms with Gasteiger partial charge in [-0.1, -0.05) is 30.3 Å². The number of hydrogen-bond donors (Lipinski definition) is 2. The first-order chi connectivity index (χ1) is 13.8. The molecule has 0 heterocycles. The molecule has 0 aliphatic rings. The van der Waals surface area contributed by atoms with Gasteiger partial charge in [-0.3, -0.25) is 0 Å². The average molecular weight is 513 g/mol. The molecule has 0 spiro atoms. The molecule has 2 aromatic rings. The van der Waals surface area contributed by atoms with E-state index in [9.17, 15) is 0 Å². The van der Waals surface area contributed by atoms with Crippen LogP contribution in [0.5, 0.6) is 11.5 Å². The Bertz CT molecular complexity index is 699. The summed E-state index contributed by atoms with van der Waals surface area (Å²) in [5, 5.41) is 6.55. The maximum atomic E-state index is 5.75. The molecular weight excluding hydrogens is 481 g/mol. The number of benzene rings is 2. The second-order valence-corrected chi connectivity index (χ2v) is 6.13. The first-order valence-corrected chi connectivity index (χ1v) is 9.72. The molecule has 0 saturated carbocycles. The van der Waals surface area contributed by atoms with Crippen LogP contribution in [0.4, 0.5) is 0 Å². The summed E-state index contributed by atoms with van der Waals surface area (Å²) in [5.74, 6) is 2.50. The van der Waals surface area contributed by atoms with E-state index in [4.69, 9.17) is 14.2 Å². The van der Waals surface area contributed by atoms with Crippen LogP contribution in [0.1, 0.15) is 18.9 Å². The zero-order chi connectivity index (χ0) is 19.9. The van der Waals surface area contributed by atoms with Gasteiger partial charge in [-0.2, -0.15) is 0 Å². The largest absolute Gasteiger partial charge is 0.493 e. The molecule has 160 valence electrons. The summed E-state index contributed by atoms with van der Waals surface area (Å²) in [6.45, 7) is 6.01. The Hall–Kier alpha value is -2.00. The molecule has 29 heavy (non-hydrogen) atoms. The Labute approximate surface area is 191 Å². The molecule has 0 bridgehead atoms. The van der Waals surface area contributed by atoms with E-state index < -0.39 is 0 Å². The highest BCUT2D eigenvalue weighted by molar-refractivity contribution is 14.0. The normalized spacial score (nSPS) is 10.8. The van der Waals surface area contributed by atoms with E-state index in [-0.39, 0.29) is 24.0 Å². The Morgan fingerprint density at radius 2 is 1.66 bits per heavy atom. The third-order valence-electron chi connectivity index (χ3n) is 3.83. The number of ether oxygens (including phenoxy) is 3. The summed E-state index contributed by atoms with van der Waals surface area (Å²) in [6, 6.07) is 17.8. The number of methoxy groups -OCH3 is 1. The van der Waals surface area contributed by atoms with Gasteiger partial charge in [-0.15, -0.1) is 24.0 Å². The molecule has 0 atom stereocenters. The molecule has 7 heteroatoms. The van der Waals surface area contributed by atoms with E-state index in [0.717, 1.165) is 36.0 Å². The van der Waals surface area contributed by atoms with E-state index in [0.29, 0.717) is 32.9 Å². The van der Waals surface area contributed by atoms with Gasteiger partial charge in [0.15, 0.2) is 5.96 Å². The van der Waals surface area contributed by atoms with Gasteiger partial charge in [0.05, 0.1) is 19.7 Å². The van der Waals surface area contributed by atoms with Crippen molar-refractivity contribution < 1.29 is 14.2 Å². The van der Waals surface area contributed by atoms with E-state index in [1.54, 1.807) is 7.11 Å². The van der Waals surface area contributed by atoms with Crippen molar-refractivity contribution in [1.29, 1.82) is 0 Å². The van der Waals surface area contributed by atoms with Gasteiger partial charge in [-0.25, -0.2) is 4.99 Å². The van der Waals surface area contributed by atoms with Crippen LogP contribution in [0.15, 0.2) is 59.6 Å². The van der Waals surface area contributed by atoms with Crippen molar-refractivity contribution in [2.24, 2.45) is 4.99 Å². The second kappa shape index (κ2) is 15.9. The molecule has 0 amide bonds. The zero-order valence-electron chi connectivity index (χ0n) is 17.2. The number of guanidine groups is 1. The van der Waals surface area contributed by atoms with Gasteiger partial charge in [0.1, 0.15) is 18.1 Å². The van der Waals surface area contributed by atoms with Gasteiger partial charge in [0.2, 0.25) is 0 Å². The molecule has 0 unspecified atom stereocenters. The highest BCUT2D eigenvalue weighted by Crippen LogP contribution is 2.14. The fourth-order valence-corrected chi connectivity index (χ4v) is 2.49. The quantitative estimate of drug-likeness (QED) is 0.195. The monoisotopic (exact) mass is 513 g/mol. The molecule has 0 aliphatic heterocycles. The number of halogens is 1. The van der Waals surface area contributed by atoms with Crippen LogP contribution in [0.3, 0.4) is 0 Å². The van der Waals surface area contributed by atoms with Crippen molar-refractivity contribution in [3.05, 3.63) is 60.2 Å². The van der Waals surface area contributed by atoms with Crippen LogP contribution < -0.4 is 20.1 Å². The fourth-order valence-electron chi connectivity index (χ4n) is 2.49.